The van der Waals surface area contributed by atoms with E-state index in [0.717, 1.165) is 6.32 Å². The summed E-state index contributed by atoms with van der Waals surface area (Å²) in [6.07, 6.45) is 4.41. The molecule has 0 aromatic heterocycles. The fourth-order valence-corrected chi connectivity index (χ4v) is 0.455. The zero-order chi connectivity index (χ0) is 10.5. The van der Waals surface area contributed by atoms with Crippen LogP contribution in [0.3, 0.4) is 0 Å². The summed E-state index contributed by atoms with van der Waals surface area (Å²) in [7, 11) is 6.56. The number of oxime groups is 2. The standard InChI is InChI=1S/C4H9B.C4H8N2O2/c1-2-3-4-5;1-4(3-5-7)6-8-2/h2-4H2,1H3;3,7H,1-2H3. The minimum absolute atomic E-state index is 0.523. The van der Waals surface area contributed by atoms with Crippen LogP contribution in [0.25, 0.3) is 0 Å². The Morgan fingerprint density at radius 3 is 2.46 bits per heavy atom. The number of hydrogen-bond acceptors (Lipinski definition) is 4. The summed E-state index contributed by atoms with van der Waals surface area (Å²) < 4.78 is 0. The summed E-state index contributed by atoms with van der Waals surface area (Å²) in [5.74, 6) is 0. The molecule has 0 bridgehead atoms. The summed E-state index contributed by atoms with van der Waals surface area (Å²) in [5, 5.41) is 14.0. The topological polar surface area (TPSA) is 54.2 Å². The molecule has 0 amide bonds. The van der Waals surface area contributed by atoms with Gasteiger partial charge in [-0.3, -0.25) is 0 Å². The van der Waals surface area contributed by atoms with Crippen LogP contribution in [0.5, 0.6) is 0 Å². The molecule has 5 heteroatoms. The molecule has 0 fully saturated rings. The van der Waals surface area contributed by atoms with Crippen LogP contribution < -0.4 is 0 Å². The predicted molar refractivity (Wildman–Crippen MR) is 55.9 cm³/mol. The van der Waals surface area contributed by atoms with Crippen LogP contribution in [0.4, 0.5) is 0 Å². The van der Waals surface area contributed by atoms with Gasteiger partial charge in [-0.15, -0.1) is 0 Å². The molecule has 0 aliphatic carbocycles. The van der Waals surface area contributed by atoms with Gasteiger partial charge in [0, 0.05) is 0 Å². The van der Waals surface area contributed by atoms with Crippen LogP contribution in [0.2, 0.25) is 6.32 Å². The lowest BCUT2D eigenvalue weighted by molar-refractivity contribution is 0.214. The van der Waals surface area contributed by atoms with Gasteiger partial charge < -0.3 is 10.0 Å². The minimum Gasteiger partial charge on any atom is -0.411 e. The first-order valence-corrected chi connectivity index (χ1v) is 4.18. The van der Waals surface area contributed by atoms with Gasteiger partial charge in [0.05, 0.1) is 19.8 Å². The molecule has 0 aromatic carbocycles. The Morgan fingerprint density at radius 1 is 1.62 bits per heavy atom. The van der Waals surface area contributed by atoms with Crippen molar-refractivity contribution in [1.82, 2.24) is 0 Å². The molecular weight excluding hydrogens is 167 g/mol. The second kappa shape index (κ2) is 13.6. The van der Waals surface area contributed by atoms with Crippen LogP contribution >= 0.6 is 0 Å². The highest BCUT2D eigenvalue weighted by Gasteiger charge is 1.79. The highest BCUT2D eigenvalue weighted by molar-refractivity contribution is 6.29. The second-order valence-corrected chi connectivity index (χ2v) is 2.30. The first-order valence-electron chi connectivity index (χ1n) is 4.18. The van der Waals surface area contributed by atoms with Crippen molar-refractivity contribution in [2.75, 3.05) is 7.11 Å². The van der Waals surface area contributed by atoms with E-state index >= 15 is 0 Å². The summed E-state index contributed by atoms with van der Waals surface area (Å²) in [5.41, 5.74) is 0.523. The maximum atomic E-state index is 7.90. The number of rotatable bonds is 4. The molecular formula is C8H17BN2O2. The van der Waals surface area contributed by atoms with Gasteiger partial charge in [0.2, 0.25) is 0 Å². The van der Waals surface area contributed by atoms with Gasteiger partial charge in [-0.25, -0.2) is 0 Å². The lowest BCUT2D eigenvalue weighted by Crippen LogP contribution is -1.91. The average Bonchev–Trinajstić information content (AvgIpc) is 2.08. The molecule has 0 spiro atoms. The van der Waals surface area contributed by atoms with Crippen LogP contribution in [0.15, 0.2) is 10.3 Å². The Morgan fingerprint density at radius 2 is 2.23 bits per heavy atom. The summed E-state index contributed by atoms with van der Waals surface area (Å²) in [6.45, 7) is 3.79. The van der Waals surface area contributed by atoms with E-state index in [0.29, 0.717) is 5.71 Å². The van der Waals surface area contributed by atoms with Crippen molar-refractivity contribution < 1.29 is 10.0 Å². The van der Waals surface area contributed by atoms with Crippen LogP contribution in [-0.2, 0) is 4.84 Å². The van der Waals surface area contributed by atoms with Crippen molar-refractivity contribution >= 4 is 19.8 Å². The van der Waals surface area contributed by atoms with Gasteiger partial charge in [0.25, 0.3) is 0 Å². The van der Waals surface area contributed by atoms with Crippen molar-refractivity contribution in [2.24, 2.45) is 10.3 Å². The molecule has 0 atom stereocenters. The molecule has 0 saturated carbocycles. The molecule has 0 aliphatic rings. The van der Waals surface area contributed by atoms with Crippen LogP contribution in [0, 0.1) is 0 Å². The third-order valence-corrected chi connectivity index (χ3v) is 1.04. The molecule has 0 unspecified atom stereocenters. The normalized spacial score (nSPS) is 10.8. The average molecular weight is 184 g/mol. The third-order valence-electron chi connectivity index (χ3n) is 1.04. The van der Waals surface area contributed by atoms with Gasteiger partial charge in [0.1, 0.15) is 7.11 Å². The molecule has 0 heterocycles. The van der Waals surface area contributed by atoms with Gasteiger partial charge in [-0.1, -0.05) is 36.4 Å². The molecule has 0 aliphatic heterocycles. The highest BCUT2D eigenvalue weighted by Crippen LogP contribution is 1.86. The van der Waals surface area contributed by atoms with E-state index in [-0.39, 0.29) is 0 Å². The maximum absolute atomic E-state index is 7.90. The largest absolute Gasteiger partial charge is 0.411 e. The van der Waals surface area contributed by atoms with Crippen molar-refractivity contribution in [3.63, 3.8) is 0 Å². The zero-order valence-electron chi connectivity index (χ0n) is 8.53. The molecule has 1 N–H and O–H groups in total. The molecule has 0 saturated heterocycles. The van der Waals surface area contributed by atoms with Gasteiger partial charge in [0.15, 0.2) is 0 Å². The van der Waals surface area contributed by atoms with E-state index < -0.39 is 0 Å². The summed E-state index contributed by atoms with van der Waals surface area (Å²) >= 11 is 0. The predicted octanol–water partition coefficient (Wildman–Crippen LogP) is 1.84. The Hall–Kier alpha value is -0.995. The molecule has 2 radical (unpaired) electrons. The second-order valence-electron chi connectivity index (χ2n) is 2.30. The summed E-state index contributed by atoms with van der Waals surface area (Å²) in [6, 6.07) is 0. The van der Waals surface area contributed by atoms with Crippen molar-refractivity contribution in [1.29, 1.82) is 0 Å². The van der Waals surface area contributed by atoms with Gasteiger partial charge >= 0.3 is 0 Å². The quantitative estimate of drug-likeness (QED) is 0.313. The third kappa shape index (κ3) is 18.2. The SMILES string of the molecule is CON=C(C)C=NO.[B]CCCC. The van der Waals surface area contributed by atoms with Crippen LogP contribution in [-0.4, -0.2) is 32.1 Å². The van der Waals surface area contributed by atoms with E-state index in [1.54, 1.807) is 6.92 Å². The van der Waals surface area contributed by atoms with E-state index in [1.807, 2.05) is 0 Å². The van der Waals surface area contributed by atoms with E-state index in [4.69, 9.17) is 13.1 Å². The first-order chi connectivity index (χ1) is 6.22. The fourth-order valence-electron chi connectivity index (χ4n) is 0.455. The Bertz CT molecular complexity index is 147. The number of hydrogen-bond donors (Lipinski definition) is 1. The van der Waals surface area contributed by atoms with Gasteiger partial charge in [-0.2, -0.15) is 0 Å². The Kier molecular flexibility index (Phi) is 15.2. The zero-order valence-corrected chi connectivity index (χ0v) is 8.53. The van der Waals surface area contributed by atoms with Crippen molar-refractivity contribution in [3.05, 3.63) is 0 Å². The number of nitrogens with zero attached hydrogens (tertiary/aromatic N) is 2. The molecule has 0 rings (SSSR count). The Labute approximate surface area is 81.1 Å². The molecule has 74 valence electrons. The van der Waals surface area contributed by atoms with Crippen LogP contribution in [0.1, 0.15) is 26.7 Å². The molecule has 13 heavy (non-hydrogen) atoms. The van der Waals surface area contributed by atoms with E-state index in [9.17, 15) is 0 Å². The maximum Gasteiger partial charge on any atom is 0.106 e. The van der Waals surface area contributed by atoms with Crippen molar-refractivity contribution in [3.8, 4) is 0 Å². The van der Waals surface area contributed by atoms with E-state index in [1.165, 1.54) is 26.2 Å². The highest BCUT2D eigenvalue weighted by atomic mass is 16.6. The minimum atomic E-state index is 0.523. The lowest BCUT2D eigenvalue weighted by Gasteiger charge is -1.85. The smallest absolute Gasteiger partial charge is 0.106 e. The van der Waals surface area contributed by atoms with Gasteiger partial charge in [-0.05, 0) is 6.92 Å². The first kappa shape index (κ1) is 14.5. The number of unbranched alkanes of at least 4 members (excludes halogenated alkanes) is 1. The summed E-state index contributed by atoms with van der Waals surface area (Å²) in [4.78, 5) is 4.34. The molecule has 4 nitrogen and oxygen atoms in total. The monoisotopic (exact) mass is 184 g/mol. The Balaban J connectivity index is 0. The molecule has 0 aromatic rings. The fraction of sp³-hybridized carbons (Fsp3) is 0.750. The van der Waals surface area contributed by atoms with E-state index in [2.05, 4.69) is 22.1 Å². The lowest BCUT2D eigenvalue weighted by atomic mass is 10.0. The van der Waals surface area contributed by atoms with Crippen molar-refractivity contribution in [2.45, 2.75) is 33.0 Å².